The molecule has 1 saturated carbocycles. The van der Waals surface area contributed by atoms with Crippen molar-refractivity contribution in [3.8, 4) is 12.3 Å². The second-order valence-electron chi connectivity index (χ2n) is 3.48. The van der Waals surface area contributed by atoms with Crippen molar-refractivity contribution in [3.63, 3.8) is 0 Å². The molecule has 0 atom stereocenters. The van der Waals surface area contributed by atoms with E-state index in [4.69, 9.17) is 6.42 Å². The molecule has 1 aromatic heterocycles. The van der Waals surface area contributed by atoms with Gasteiger partial charge in [-0.3, -0.25) is 4.79 Å². The van der Waals surface area contributed by atoms with Gasteiger partial charge in [0, 0.05) is 5.92 Å². The topological polar surface area (TPSA) is 54.9 Å². The third-order valence-electron chi connectivity index (χ3n) is 2.39. The summed E-state index contributed by atoms with van der Waals surface area (Å²) in [7, 11) is 0. The van der Waals surface area contributed by atoms with Crippen molar-refractivity contribution in [2.45, 2.75) is 23.6 Å². The number of carbonyl (C=O) groups excluding carboxylic acids is 1. The van der Waals surface area contributed by atoms with Crippen LogP contribution in [0.15, 0.2) is 4.34 Å². The molecule has 0 radical (unpaired) electrons. The van der Waals surface area contributed by atoms with E-state index >= 15 is 0 Å². The average molecular weight is 253 g/mol. The molecule has 1 fully saturated rings. The Morgan fingerprint density at radius 3 is 3.06 bits per heavy atom. The number of rotatable bonds is 4. The number of terminal acetylenes is 1. The standard InChI is InChI=1S/C10H11N3OS2/c1-2-6-15-10-13-12-9(16-10)11-8(14)7-4-3-5-7/h1,7H,3-6H2,(H,11,12,14). The van der Waals surface area contributed by atoms with Crippen LogP contribution in [0.25, 0.3) is 0 Å². The lowest BCUT2D eigenvalue weighted by Gasteiger charge is -2.23. The van der Waals surface area contributed by atoms with Crippen molar-refractivity contribution in [2.75, 3.05) is 11.1 Å². The quantitative estimate of drug-likeness (QED) is 0.506. The predicted octanol–water partition coefficient (Wildman–Crippen LogP) is 2.00. The molecule has 0 spiro atoms. The van der Waals surface area contributed by atoms with Crippen LogP contribution < -0.4 is 5.32 Å². The Balaban J connectivity index is 1.87. The summed E-state index contributed by atoms with van der Waals surface area (Å²) in [4.78, 5) is 11.6. The molecule has 2 rings (SSSR count). The van der Waals surface area contributed by atoms with E-state index in [1.54, 1.807) is 0 Å². The van der Waals surface area contributed by atoms with Gasteiger partial charge in [-0.1, -0.05) is 35.4 Å². The Labute approximate surface area is 102 Å². The lowest BCUT2D eigenvalue weighted by Crippen LogP contribution is -2.27. The minimum absolute atomic E-state index is 0.0656. The first-order chi connectivity index (χ1) is 7.79. The molecule has 0 aromatic carbocycles. The lowest BCUT2D eigenvalue weighted by molar-refractivity contribution is -0.122. The number of thioether (sulfide) groups is 1. The van der Waals surface area contributed by atoms with E-state index in [1.165, 1.54) is 23.1 Å². The Morgan fingerprint density at radius 2 is 2.44 bits per heavy atom. The minimum atomic E-state index is 0.0656. The maximum atomic E-state index is 11.6. The zero-order chi connectivity index (χ0) is 11.4. The van der Waals surface area contributed by atoms with Gasteiger partial charge in [0.1, 0.15) is 0 Å². The molecule has 4 nitrogen and oxygen atoms in total. The fourth-order valence-corrected chi connectivity index (χ4v) is 2.73. The van der Waals surface area contributed by atoms with Crippen molar-refractivity contribution in [2.24, 2.45) is 5.92 Å². The van der Waals surface area contributed by atoms with Gasteiger partial charge in [0.2, 0.25) is 11.0 Å². The third kappa shape index (κ3) is 2.74. The second kappa shape index (κ2) is 5.32. The summed E-state index contributed by atoms with van der Waals surface area (Å²) in [6, 6.07) is 0. The Hall–Kier alpha value is -1.06. The number of nitrogens with one attached hydrogen (secondary N) is 1. The average Bonchev–Trinajstić information content (AvgIpc) is 2.59. The highest BCUT2D eigenvalue weighted by molar-refractivity contribution is 8.01. The van der Waals surface area contributed by atoms with E-state index in [2.05, 4.69) is 21.4 Å². The van der Waals surface area contributed by atoms with E-state index in [0.717, 1.165) is 23.6 Å². The molecule has 1 aliphatic carbocycles. The van der Waals surface area contributed by atoms with Gasteiger partial charge in [-0.15, -0.1) is 16.6 Å². The van der Waals surface area contributed by atoms with Crippen molar-refractivity contribution in [3.05, 3.63) is 0 Å². The van der Waals surface area contributed by atoms with Crippen LogP contribution >= 0.6 is 23.1 Å². The fraction of sp³-hybridized carbons (Fsp3) is 0.500. The first kappa shape index (κ1) is 11.4. The summed E-state index contributed by atoms with van der Waals surface area (Å²) in [5, 5.41) is 11.2. The van der Waals surface area contributed by atoms with E-state index in [-0.39, 0.29) is 11.8 Å². The number of hydrogen-bond donors (Lipinski definition) is 1. The molecule has 1 amide bonds. The van der Waals surface area contributed by atoms with E-state index in [0.29, 0.717) is 10.9 Å². The molecular formula is C10H11N3OS2. The fourth-order valence-electron chi connectivity index (χ4n) is 1.30. The van der Waals surface area contributed by atoms with E-state index < -0.39 is 0 Å². The Morgan fingerprint density at radius 1 is 1.62 bits per heavy atom. The van der Waals surface area contributed by atoms with Crippen LogP contribution in [0.1, 0.15) is 19.3 Å². The van der Waals surface area contributed by atoms with Crippen molar-refractivity contribution in [1.29, 1.82) is 0 Å². The molecule has 16 heavy (non-hydrogen) atoms. The van der Waals surface area contributed by atoms with Gasteiger partial charge in [-0.2, -0.15) is 0 Å². The maximum absolute atomic E-state index is 11.6. The van der Waals surface area contributed by atoms with Crippen molar-refractivity contribution in [1.82, 2.24) is 10.2 Å². The number of anilines is 1. The molecule has 0 aliphatic heterocycles. The predicted molar refractivity (Wildman–Crippen MR) is 65.4 cm³/mol. The summed E-state index contributed by atoms with van der Waals surface area (Å²) in [5.41, 5.74) is 0. The lowest BCUT2D eigenvalue weighted by atomic mass is 9.85. The molecule has 84 valence electrons. The summed E-state index contributed by atoms with van der Waals surface area (Å²) in [6.45, 7) is 0. The molecule has 6 heteroatoms. The van der Waals surface area contributed by atoms with Crippen LogP contribution in [-0.2, 0) is 4.79 Å². The summed E-state index contributed by atoms with van der Waals surface area (Å²) < 4.78 is 0.793. The van der Waals surface area contributed by atoms with E-state index in [9.17, 15) is 4.79 Å². The number of aromatic nitrogens is 2. The van der Waals surface area contributed by atoms with Gasteiger partial charge >= 0.3 is 0 Å². The van der Waals surface area contributed by atoms with Crippen LogP contribution in [0.4, 0.5) is 5.13 Å². The molecule has 1 aromatic rings. The monoisotopic (exact) mass is 253 g/mol. The highest BCUT2D eigenvalue weighted by atomic mass is 32.2. The normalized spacial score (nSPS) is 15.2. The molecule has 0 bridgehead atoms. The van der Waals surface area contributed by atoms with Gasteiger partial charge in [0.15, 0.2) is 4.34 Å². The second-order valence-corrected chi connectivity index (χ2v) is 5.68. The number of amides is 1. The van der Waals surface area contributed by atoms with Crippen molar-refractivity contribution < 1.29 is 4.79 Å². The van der Waals surface area contributed by atoms with Crippen LogP contribution in [0.2, 0.25) is 0 Å². The van der Waals surface area contributed by atoms with Crippen LogP contribution in [-0.4, -0.2) is 21.9 Å². The minimum Gasteiger partial charge on any atom is -0.300 e. The smallest absolute Gasteiger partial charge is 0.229 e. The first-order valence-corrected chi connectivity index (χ1v) is 6.80. The SMILES string of the molecule is C#CCSc1nnc(NC(=O)C2CCC2)s1. The van der Waals surface area contributed by atoms with Gasteiger partial charge < -0.3 is 5.32 Å². The van der Waals surface area contributed by atoms with Gasteiger partial charge in [-0.25, -0.2) is 0 Å². The zero-order valence-electron chi connectivity index (χ0n) is 8.60. The zero-order valence-corrected chi connectivity index (χ0v) is 10.2. The molecule has 0 saturated heterocycles. The van der Waals surface area contributed by atoms with Crippen LogP contribution in [0.3, 0.4) is 0 Å². The summed E-state index contributed by atoms with van der Waals surface area (Å²) >= 11 is 2.82. The largest absolute Gasteiger partial charge is 0.300 e. The highest BCUT2D eigenvalue weighted by Gasteiger charge is 2.25. The first-order valence-electron chi connectivity index (χ1n) is 5.00. The van der Waals surface area contributed by atoms with Gasteiger partial charge in [0.05, 0.1) is 5.75 Å². The number of nitrogens with zero attached hydrogens (tertiary/aromatic N) is 2. The molecule has 1 heterocycles. The third-order valence-corrected chi connectivity index (χ3v) is 4.27. The summed E-state index contributed by atoms with van der Waals surface area (Å²) in [5.74, 6) is 3.33. The highest BCUT2D eigenvalue weighted by Crippen LogP contribution is 2.29. The van der Waals surface area contributed by atoms with Crippen LogP contribution in [0, 0.1) is 18.3 Å². The van der Waals surface area contributed by atoms with E-state index in [1.807, 2.05) is 0 Å². The van der Waals surface area contributed by atoms with Crippen molar-refractivity contribution >= 4 is 34.1 Å². The maximum Gasteiger partial charge on any atom is 0.229 e. The molecule has 0 unspecified atom stereocenters. The molecule has 1 aliphatic rings. The number of carbonyl (C=O) groups is 1. The summed E-state index contributed by atoms with van der Waals surface area (Å²) in [6.07, 6.45) is 8.27. The van der Waals surface area contributed by atoms with Crippen LogP contribution in [0.5, 0.6) is 0 Å². The number of hydrogen-bond acceptors (Lipinski definition) is 5. The Bertz CT molecular complexity index is 420. The Kier molecular flexibility index (Phi) is 3.80. The van der Waals surface area contributed by atoms with Gasteiger partial charge in [-0.05, 0) is 12.8 Å². The molecular weight excluding hydrogens is 242 g/mol. The van der Waals surface area contributed by atoms with Gasteiger partial charge in [0.25, 0.3) is 0 Å². The molecule has 1 N–H and O–H groups in total.